The number of fused-ring (bicyclic) bond motifs is 1. The first-order valence-electron chi connectivity index (χ1n) is 6.71. The van der Waals surface area contributed by atoms with Crippen molar-refractivity contribution in [1.82, 2.24) is 19.6 Å². The van der Waals surface area contributed by atoms with Crippen LogP contribution >= 0.6 is 0 Å². The molecule has 0 saturated heterocycles. The summed E-state index contributed by atoms with van der Waals surface area (Å²) in [6.07, 6.45) is -5.24. The summed E-state index contributed by atoms with van der Waals surface area (Å²) in [5.74, 6) is -1.03. The van der Waals surface area contributed by atoms with Gasteiger partial charge < -0.3 is 9.47 Å². The summed E-state index contributed by atoms with van der Waals surface area (Å²) in [6.45, 7) is 0. The SMILES string of the molecule is COc1cc(OC(F)(F)F)ccc1-c1cn2c(C(F)F)nnc2cn1. The zero-order valence-corrected chi connectivity index (χ0v) is 12.5. The molecule has 132 valence electrons. The van der Waals surface area contributed by atoms with Crippen molar-refractivity contribution >= 4 is 5.65 Å². The van der Waals surface area contributed by atoms with Crippen LogP contribution in [0, 0.1) is 0 Å². The number of aromatic nitrogens is 4. The maximum absolute atomic E-state index is 12.9. The van der Waals surface area contributed by atoms with E-state index in [2.05, 4.69) is 19.9 Å². The second-order valence-corrected chi connectivity index (χ2v) is 4.77. The number of halogens is 5. The number of hydrogen-bond donors (Lipinski definition) is 0. The lowest BCUT2D eigenvalue weighted by molar-refractivity contribution is -0.274. The topological polar surface area (TPSA) is 61.5 Å². The third-order valence-electron chi connectivity index (χ3n) is 3.20. The summed E-state index contributed by atoms with van der Waals surface area (Å²) in [6, 6.07) is 3.37. The third kappa shape index (κ3) is 3.44. The summed E-state index contributed by atoms with van der Waals surface area (Å²) >= 11 is 0. The van der Waals surface area contributed by atoms with Gasteiger partial charge in [0, 0.05) is 17.8 Å². The van der Waals surface area contributed by atoms with Crippen LogP contribution in [0.15, 0.2) is 30.6 Å². The number of alkyl halides is 5. The lowest BCUT2D eigenvalue weighted by Crippen LogP contribution is -2.17. The van der Waals surface area contributed by atoms with E-state index in [1.54, 1.807) is 0 Å². The predicted octanol–water partition coefficient (Wildman–Crippen LogP) is 3.64. The third-order valence-corrected chi connectivity index (χ3v) is 3.20. The van der Waals surface area contributed by atoms with Gasteiger partial charge in [-0.2, -0.15) is 0 Å². The van der Waals surface area contributed by atoms with E-state index in [-0.39, 0.29) is 22.7 Å². The van der Waals surface area contributed by atoms with Gasteiger partial charge in [0.05, 0.1) is 19.0 Å². The van der Waals surface area contributed by atoms with Crippen LogP contribution in [0.1, 0.15) is 12.2 Å². The zero-order chi connectivity index (χ0) is 18.2. The van der Waals surface area contributed by atoms with E-state index >= 15 is 0 Å². The molecular weight excluding hydrogens is 351 g/mol. The van der Waals surface area contributed by atoms with Gasteiger partial charge >= 0.3 is 6.36 Å². The molecule has 25 heavy (non-hydrogen) atoms. The Balaban J connectivity index is 2.06. The normalized spacial score (nSPS) is 12.0. The van der Waals surface area contributed by atoms with Crippen molar-refractivity contribution in [2.24, 2.45) is 0 Å². The monoisotopic (exact) mass is 360 g/mol. The second-order valence-electron chi connectivity index (χ2n) is 4.77. The molecule has 1 aromatic carbocycles. The Morgan fingerprint density at radius 1 is 1.16 bits per heavy atom. The van der Waals surface area contributed by atoms with Crippen molar-refractivity contribution in [2.45, 2.75) is 12.8 Å². The van der Waals surface area contributed by atoms with Crippen LogP contribution in [0.5, 0.6) is 11.5 Å². The first-order valence-corrected chi connectivity index (χ1v) is 6.71. The van der Waals surface area contributed by atoms with Gasteiger partial charge in [-0.3, -0.25) is 9.38 Å². The van der Waals surface area contributed by atoms with Crippen LogP contribution in [0.2, 0.25) is 0 Å². The van der Waals surface area contributed by atoms with E-state index < -0.39 is 24.4 Å². The lowest BCUT2D eigenvalue weighted by atomic mass is 10.1. The summed E-state index contributed by atoms with van der Waals surface area (Å²) < 4.78 is 72.7. The number of benzene rings is 1. The molecule has 0 amide bonds. The highest BCUT2D eigenvalue weighted by Gasteiger charge is 2.31. The number of methoxy groups -OCH3 is 1. The highest BCUT2D eigenvalue weighted by atomic mass is 19.4. The maximum atomic E-state index is 12.9. The zero-order valence-electron chi connectivity index (χ0n) is 12.5. The van der Waals surface area contributed by atoms with E-state index in [9.17, 15) is 22.0 Å². The van der Waals surface area contributed by atoms with Crippen molar-refractivity contribution in [2.75, 3.05) is 7.11 Å². The van der Waals surface area contributed by atoms with Crippen LogP contribution in [-0.4, -0.2) is 33.1 Å². The molecule has 0 unspecified atom stereocenters. The number of rotatable bonds is 4. The van der Waals surface area contributed by atoms with E-state index in [4.69, 9.17) is 4.74 Å². The molecule has 0 aliphatic rings. The lowest BCUT2D eigenvalue weighted by Gasteiger charge is -2.13. The van der Waals surface area contributed by atoms with Gasteiger partial charge in [-0.05, 0) is 12.1 Å². The van der Waals surface area contributed by atoms with E-state index in [0.717, 1.165) is 16.5 Å². The molecule has 3 aromatic rings. The predicted molar refractivity (Wildman–Crippen MR) is 74.4 cm³/mol. The number of nitrogens with zero attached hydrogens (tertiary/aromatic N) is 4. The minimum Gasteiger partial charge on any atom is -0.496 e. The van der Waals surface area contributed by atoms with Crippen LogP contribution in [-0.2, 0) is 0 Å². The average molecular weight is 360 g/mol. The van der Waals surface area contributed by atoms with Gasteiger partial charge in [0.25, 0.3) is 6.43 Å². The van der Waals surface area contributed by atoms with E-state index in [0.29, 0.717) is 0 Å². The van der Waals surface area contributed by atoms with Gasteiger partial charge in [-0.15, -0.1) is 23.4 Å². The molecule has 0 spiro atoms. The molecule has 11 heteroatoms. The molecule has 0 fully saturated rings. The average Bonchev–Trinajstić information content (AvgIpc) is 2.96. The van der Waals surface area contributed by atoms with Gasteiger partial charge in [-0.25, -0.2) is 8.78 Å². The Hall–Kier alpha value is -2.98. The molecule has 0 radical (unpaired) electrons. The van der Waals surface area contributed by atoms with Crippen molar-refractivity contribution in [3.63, 3.8) is 0 Å². The fourth-order valence-electron chi connectivity index (χ4n) is 2.19. The van der Waals surface area contributed by atoms with Gasteiger partial charge in [0.1, 0.15) is 11.5 Å². The molecule has 3 rings (SSSR count). The summed E-state index contributed by atoms with van der Waals surface area (Å²) in [5.41, 5.74) is 0.576. The summed E-state index contributed by atoms with van der Waals surface area (Å²) in [4.78, 5) is 4.05. The van der Waals surface area contributed by atoms with E-state index in [1.807, 2.05) is 0 Å². The van der Waals surface area contributed by atoms with Gasteiger partial charge in [0.15, 0.2) is 5.65 Å². The molecule has 2 aromatic heterocycles. The standard InChI is InChI=1S/C14H9F5N4O2/c1-24-10-4-7(25-14(17,18)19)2-3-8(10)9-6-23-11(5-20-9)21-22-13(23)12(15)16/h2-6,12H,1H3. The number of hydrogen-bond acceptors (Lipinski definition) is 5. The fourth-order valence-corrected chi connectivity index (χ4v) is 2.19. The van der Waals surface area contributed by atoms with Gasteiger partial charge in [-0.1, -0.05) is 0 Å². The quantitative estimate of drug-likeness (QED) is 0.665. The van der Waals surface area contributed by atoms with Crippen molar-refractivity contribution in [1.29, 1.82) is 0 Å². The molecule has 0 aliphatic carbocycles. The molecule has 0 saturated carbocycles. The Kier molecular flexibility index (Phi) is 4.15. The first kappa shape index (κ1) is 16.9. The first-order chi connectivity index (χ1) is 11.8. The van der Waals surface area contributed by atoms with Crippen LogP contribution < -0.4 is 9.47 Å². The Morgan fingerprint density at radius 2 is 1.92 bits per heavy atom. The Labute approximate surface area is 136 Å². The summed E-state index contributed by atoms with van der Waals surface area (Å²) in [7, 11) is 1.25. The molecule has 2 heterocycles. The summed E-state index contributed by atoms with van der Waals surface area (Å²) in [5, 5.41) is 6.94. The van der Waals surface area contributed by atoms with Crippen molar-refractivity contribution in [3.8, 4) is 22.8 Å². The van der Waals surface area contributed by atoms with Crippen LogP contribution in [0.4, 0.5) is 22.0 Å². The van der Waals surface area contributed by atoms with E-state index in [1.165, 1.54) is 25.6 Å². The van der Waals surface area contributed by atoms with Crippen LogP contribution in [0.3, 0.4) is 0 Å². The maximum Gasteiger partial charge on any atom is 0.573 e. The largest absolute Gasteiger partial charge is 0.573 e. The smallest absolute Gasteiger partial charge is 0.496 e. The second kappa shape index (κ2) is 6.15. The molecule has 0 aliphatic heterocycles. The van der Waals surface area contributed by atoms with Crippen molar-refractivity contribution < 1.29 is 31.4 Å². The molecular formula is C14H9F5N4O2. The van der Waals surface area contributed by atoms with Gasteiger partial charge in [0.2, 0.25) is 5.82 Å². The number of ether oxygens (including phenoxy) is 2. The minimum atomic E-state index is -4.85. The Bertz CT molecular complexity index is 910. The molecule has 6 nitrogen and oxygen atoms in total. The molecule has 0 N–H and O–H groups in total. The molecule has 0 atom stereocenters. The van der Waals surface area contributed by atoms with Crippen molar-refractivity contribution in [3.05, 3.63) is 36.4 Å². The fraction of sp³-hybridized carbons (Fsp3) is 0.214. The van der Waals surface area contributed by atoms with Crippen LogP contribution in [0.25, 0.3) is 16.9 Å². The molecule has 0 bridgehead atoms. The Morgan fingerprint density at radius 3 is 2.56 bits per heavy atom. The highest BCUT2D eigenvalue weighted by molar-refractivity contribution is 5.68. The highest BCUT2D eigenvalue weighted by Crippen LogP contribution is 2.34. The minimum absolute atomic E-state index is 0.0280.